The summed E-state index contributed by atoms with van der Waals surface area (Å²) in [5.41, 5.74) is 2.58. The van der Waals surface area contributed by atoms with Crippen LogP contribution in [0.2, 0.25) is 0 Å². The number of Topliss-reactive ketones (excluding diaryl/α,β-unsaturated/α-hetero) is 1. The fraction of sp³-hybridized carbons (Fsp3) is 0.407. The Morgan fingerprint density at radius 3 is 2.29 bits per heavy atom. The molecule has 1 heterocycles. The number of aromatic hydroxyl groups is 1. The molecule has 1 aromatic rings. The van der Waals surface area contributed by atoms with E-state index < -0.39 is 17.8 Å². The minimum absolute atomic E-state index is 0.170. The lowest BCUT2D eigenvalue weighted by molar-refractivity contribution is -0.139. The molecule has 0 unspecified atom stereocenters. The van der Waals surface area contributed by atoms with Gasteiger partial charge in [-0.05, 0) is 56.4 Å². The van der Waals surface area contributed by atoms with Gasteiger partial charge in [0.1, 0.15) is 0 Å². The molecule has 0 saturated carbocycles. The number of hydrogen-bond acceptors (Lipinski definition) is 7. The standard InChI is InChI=1S/C27H27NO7/c1-5-28-26(32)15-7-6-14-16(22(15)27(28)33)11-17-23(18(29)8-12(2)24(17)30)21(14)13-9-19(34-3)25(31)20(10-13)35-4/h6,8-10,15-16,21-22,31H,5,7,11H2,1-4H3/t15-,16+,21-,22-/m0/s1. The molecule has 1 N–H and O–H groups in total. The van der Waals surface area contributed by atoms with Gasteiger partial charge in [0.25, 0.3) is 0 Å². The van der Waals surface area contributed by atoms with Crippen molar-refractivity contribution in [1.82, 2.24) is 4.90 Å². The molecule has 1 aromatic carbocycles. The molecule has 0 bridgehead atoms. The van der Waals surface area contributed by atoms with Crippen LogP contribution in [0.25, 0.3) is 0 Å². The molecule has 8 heteroatoms. The van der Waals surface area contributed by atoms with Crippen LogP contribution < -0.4 is 9.47 Å². The Labute approximate surface area is 202 Å². The maximum Gasteiger partial charge on any atom is 0.233 e. The van der Waals surface area contributed by atoms with Gasteiger partial charge in [-0.3, -0.25) is 24.1 Å². The Kier molecular flexibility index (Phi) is 5.42. The zero-order chi connectivity index (χ0) is 25.2. The number of carbonyl (C=O) groups is 4. The van der Waals surface area contributed by atoms with E-state index in [1.165, 1.54) is 25.2 Å². The topological polar surface area (TPSA) is 110 Å². The number of methoxy groups -OCH3 is 2. The quantitative estimate of drug-likeness (QED) is 0.403. The van der Waals surface area contributed by atoms with Crippen LogP contribution in [0, 0.1) is 17.8 Å². The number of phenols is 1. The highest BCUT2D eigenvalue weighted by Crippen LogP contribution is 2.56. The Hall–Kier alpha value is -3.68. The van der Waals surface area contributed by atoms with Gasteiger partial charge in [-0.1, -0.05) is 11.6 Å². The first kappa shape index (κ1) is 23.1. The summed E-state index contributed by atoms with van der Waals surface area (Å²) in [7, 11) is 2.83. The lowest BCUT2D eigenvalue weighted by Crippen LogP contribution is -2.39. The minimum atomic E-state index is -0.632. The summed E-state index contributed by atoms with van der Waals surface area (Å²) < 4.78 is 10.7. The fourth-order valence-corrected chi connectivity index (χ4v) is 6.22. The number of ether oxygens (including phenoxy) is 2. The first-order chi connectivity index (χ1) is 16.7. The molecule has 1 saturated heterocycles. The summed E-state index contributed by atoms with van der Waals surface area (Å²) in [5.74, 6) is -2.75. The molecule has 1 aliphatic heterocycles. The summed E-state index contributed by atoms with van der Waals surface area (Å²) in [6, 6.07) is 3.26. The van der Waals surface area contributed by atoms with E-state index in [1.54, 1.807) is 26.0 Å². The van der Waals surface area contributed by atoms with E-state index in [1.807, 2.05) is 6.08 Å². The monoisotopic (exact) mass is 477 g/mol. The van der Waals surface area contributed by atoms with Crippen molar-refractivity contribution in [2.45, 2.75) is 32.6 Å². The van der Waals surface area contributed by atoms with Gasteiger partial charge in [0, 0.05) is 29.2 Å². The Morgan fingerprint density at radius 1 is 1.03 bits per heavy atom. The van der Waals surface area contributed by atoms with Crippen molar-refractivity contribution < 1.29 is 33.8 Å². The third-order valence-electron chi connectivity index (χ3n) is 7.81. The highest BCUT2D eigenvalue weighted by atomic mass is 16.5. The van der Waals surface area contributed by atoms with E-state index in [0.717, 1.165) is 5.57 Å². The molecule has 4 aliphatic rings. The number of ketones is 2. The summed E-state index contributed by atoms with van der Waals surface area (Å²) in [6.07, 6.45) is 3.94. The lowest BCUT2D eigenvalue weighted by atomic mass is 9.59. The van der Waals surface area contributed by atoms with E-state index in [4.69, 9.17) is 9.47 Å². The Balaban J connectivity index is 1.73. The van der Waals surface area contributed by atoms with E-state index in [-0.39, 0.29) is 53.0 Å². The number of benzene rings is 1. The molecule has 0 spiro atoms. The molecule has 8 nitrogen and oxygen atoms in total. The van der Waals surface area contributed by atoms with Gasteiger partial charge < -0.3 is 14.6 Å². The van der Waals surface area contributed by atoms with E-state index in [9.17, 15) is 24.3 Å². The molecule has 1 fully saturated rings. The summed E-state index contributed by atoms with van der Waals surface area (Å²) in [4.78, 5) is 54.1. The molecule has 2 amide bonds. The summed E-state index contributed by atoms with van der Waals surface area (Å²) >= 11 is 0. The Morgan fingerprint density at radius 2 is 1.69 bits per heavy atom. The van der Waals surface area contributed by atoms with Gasteiger partial charge in [-0.25, -0.2) is 0 Å². The predicted molar refractivity (Wildman–Crippen MR) is 125 cm³/mol. The van der Waals surface area contributed by atoms with Crippen molar-refractivity contribution in [3.63, 3.8) is 0 Å². The first-order valence-electron chi connectivity index (χ1n) is 11.7. The number of amides is 2. The smallest absolute Gasteiger partial charge is 0.233 e. The predicted octanol–water partition coefficient (Wildman–Crippen LogP) is 2.86. The van der Waals surface area contributed by atoms with E-state index >= 15 is 0 Å². The third-order valence-corrected chi connectivity index (χ3v) is 7.81. The fourth-order valence-electron chi connectivity index (χ4n) is 6.22. The summed E-state index contributed by atoms with van der Waals surface area (Å²) in [6.45, 7) is 3.69. The average molecular weight is 478 g/mol. The maximum atomic E-state index is 13.3. The molecule has 0 radical (unpaired) electrons. The first-order valence-corrected chi connectivity index (χ1v) is 11.7. The number of phenolic OH excluding ortho intramolecular Hbond substituents is 1. The summed E-state index contributed by atoms with van der Waals surface area (Å²) in [5, 5.41) is 10.5. The average Bonchev–Trinajstić information content (AvgIpc) is 3.10. The largest absolute Gasteiger partial charge is 0.502 e. The molecule has 4 atom stereocenters. The van der Waals surface area contributed by atoms with Gasteiger partial charge in [0.05, 0.1) is 26.1 Å². The van der Waals surface area contributed by atoms with E-state index in [0.29, 0.717) is 35.2 Å². The number of fused-ring (bicyclic) bond motifs is 3. The van der Waals surface area contributed by atoms with Gasteiger partial charge >= 0.3 is 0 Å². The third kappa shape index (κ3) is 3.19. The molecule has 182 valence electrons. The molecule has 5 rings (SSSR count). The normalized spacial score (nSPS) is 27.8. The van der Waals surface area contributed by atoms with Gasteiger partial charge in [0.2, 0.25) is 17.6 Å². The van der Waals surface area contributed by atoms with Crippen LogP contribution in [0.15, 0.2) is 46.6 Å². The van der Waals surface area contributed by atoms with Crippen molar-refractivity contribution in [3.05, 3.63) is 52.1 Å². The highest BCUT2D eigenvalue weighted by Gasteiger charge is 2.56. The minimum Gasteiger partial charge on any atom is -0.502 e. The van der Waals surface area contributed by atoms with Crippen LogP contribution in [-0.2, 0) is 19.2 Å². The maximum absolute atomic E-state index is 13.3. The molecular weight excluding hydrogens is 450 g/mol. The van der Waals surface area contributed by atoms with Crippen LogP contribution in [0.5, 0.6) is 17.2 Å². The zero-order valence-corrected chi connectivity index (χ0v) is 20.1. The van der Waals surface area contributed by atoms with Crippen molar-refractivity contribution in [2.75, 3.05) is 20.8 Å². The second-order valence-electron chi connectivity index (χ2n) is 9.42. The highest BCUT2D eigenvalue weighted by molar-refractivity contribution is 6.23. The number of carbonyl (C=O) groups excluding carboxylic acids is 4. The second-order valence-corrected chi connectivity index (χ2v) is 9.42. The molecule has 3 aliphatic carbocycles. The Bertz CT molecular complexity index is 1260. The van der Waals surface area contributed by atoms with Gasteiger partial charge in [0.15, 0.2) is 23.1 Å². The van der Waals surface area contributed by atoms with Crippen LogP contribution in [0.1, 0.15) is 38.2 Å². The van der Waals surface area contributed by atoms with Crippen molar-refractivity contribution in [2.24, 2.45) is 17.8 Å². The van der Waals surface area contributed by atoms with Gasteiger partial charge in [-0.15, -0.1) is 0 Å². The van der Waals surface area contributed by atoms with Crippen molar-refractivity contribution >= 4 is 23.4 Å². The lowest BCUT2D eigenvalue weighted by Gasteiger charge is -2.42. The number of rotatable bonds is 4. The van der Waals surface area contributed by atoms with Crippen LogP contribution in [-0.4, -0.2) is 54.2 Å². The molecule has 0 aromatic heterocycles. The zero-order valence-electron chi connectivity index (χ0n) is 20.1. The SMILES string of the molecule is CCN1C(=O)[C@H]2[C@H](CC=C3[C@H](c4cc(OC)c(O)c(OC)c4)C4=C(C[C@H]32)C(=O)C(C)=CC4=O)C1=O. The van der Waals surface area contributed by atoms with E-state index in [2.05, 4.69) is 0 Å². The van der Waals surface area contributed by atoms with Crippen LogP contribution in [0.4, 0.5) is 0 Å². The van der Waals surface area contributed by atoms with Crippen LogP contribution in [0.3, 0.4) is 0 Å². The number of hydrogen-bond donors (Lipinski definition) is 1. The van der Waals surface area contributed by atoms with Crippen molar-refractivity contribution in [3.8, 4) is 17.2 Å². The second kappa shape index (κ2) is 8.22. The number of imide groups is 1. The molecule has 35 heavy (non-hydrogen) atoms. The van der Waals surface area contributed by atoms with Crippen molar-refractivity contribution in [1.29, 1.82) is 0 Å². The van der Waals surface area contributed by atoms with Crippen LogP contribution >= 0.6 is 0 Å². The number of allylic oxidation sites excluding steroid dienone is 6. The van der Waals surface area contributed by atoms with Gasteiger partial charge in [-0.2, -0.15) is 0 Å². The molecular formula is C27H27NO7. The number of nitrogens with zero attached hydrogens (tertiary/aromatic N) is 1. The number of likely N-dealkylation sites (tertiary alicyclic amines) is 1.